The van der Waals surface area contributed by atoms with Crippen LogP contribution in [0.2, 0.25) is 10.4 Å². The summed E-state index contributed by atoms with van der Waals surface area (Å²) in [7, 11) is 6.50. The number of rotatable bonds is 33. The molecule has 2 aromatic carbocycles. The van der Waals surface area contributed by atoms with Gasteiger partial charge in [0.25, 0.3) is 0 Å². The number of nitrogen functional groups attached to an aromatic ring is 1. The molecule has 0 bridgehead atoms. The number of halogens is 3. The van der Waals surface area contributed by atoms with Crippen LogP contribution in [0, 0.1) is 0 Å². The van der Waals surface area contributed by atoms with Crippen molar-refractivity contribution in [2.24, 2.45) is 11.5 Å². The Morgan fingerprint density at radius 2 is 0.980 bits per heavy atom. The van der Waals surface area contributed by atoms with E-state index in [9.17, 15) is 14.4 Å². The number of fused-ring (bicyclic) bond motifs is 3. The van der Waals surface area contributed by atoms with Crippen molar-refractivity contribution in [3.8, 4) is 23.0 Å². The van der Waals surface area contributed by atoms with Crippen molar-refractivity contribution in [1.82, 2.24) is 49.8 Å². The minimum Gasteiger partial charge on any atom is -0.497 e. The third kappa shape index (κ3) is 34.5. The lowest BCUT2D eigenvalue weighted by molar-refractivity contribution is -0.118. The van der Waals surface area contributed by atoms with Gasteiger partial charge in [0.15, 0.2) is 16.8 Å². The number of anilines is 4. The molecule has 0 amide bonds. The Balaban J connectivity index is 0.000000649. The quantitative estimate of drug-likeness (QED) is 0.0164. The Bertz CT molecular complexity index is 3660. The molecule has 9 N–H and O–H groups in total. The molecule has 8 rings (SSSR count). The van der Waals surface area contributed by atoms with Crippen LogP contribution in [0.15, 0.2) is 91.4 Å². The lowest BCUT2D eigenvalue weighted by atomic mass is 10.0. The number of unbranched alkanes of at least 4 members (excludes halogenated alkanes) is 3. The lowest BCUT2D eigenvalue weighted by Gasteiger charge is -2.28. The molecule has 3 atom stereocenters. The molecule has 8 aromatic rings. The van der Waals surface area contributed by atoms with Gasteiger partial charge >= 0.3 is 0 Å². The highest BCUT2D eigenvalue weighted by atomic mass is 35.5. The van der Waals surface area contributed by atoms with Crippen LogP contribution in [0.25, 0.3) is 33.1 Å². The van der Waals surface area contributed by atoms with Crippen LogP contribution in [0.3, 0.4) is 0 Å². The summed E-state index contributed by atoms with van der Waals surface area (Å²) in [5.74, 6) is 5.71. The van der Waals surface area contributed by atoms with Crippen LogP contribution in [-0.4, -0.2) is 132 Å². The van der Waals surface area contributed by atoms with Crippen LogP contribution in [0.4, 0.5) is 23.5 Å². The molecule has 0 aliphatic rings. The molecule has 6 aromatic heterocycles. The molecule has 6 heterocycles. The highest BCUT2D eigenvalue weighted by Crippen LogP contribution is 2.29. The van der Waals surface area contributed by atoms with Crippen molar-refractivity contribution in [3.05, 3.63) is 113 Å². The van der Waals surface area contributed by atoms with E-state index >= 15 is 0 Å². The minimum atomic E-state index is 0. The zero-order chi connectivity index (χ0) is 73.2. The molecule has 26 heteroatoms. The van der Waals surface area contributed by atoms with E-state index in [4.69, 9.17) is 64.3 Å². The summed E-state index contributed by atoms with van der Waals surface area (Å²) in [5, 5.41) is 10.7. The molecule has 0 spiro atoms. The number of nitrogens with two attached hydrogens (primary N) is 3. The minimum absolute atomic E-state index is 0. The zero-order valence-corrected chi connectivity index (χ0v) is 63.8. The molecule has 0 saturated carbocycles. The van der Waals surface area contributed by atoms with Crippen LogP contribution < -0.4 is 52.1 Å². The number of methoxy groups -OCH3 is 4. The Morgan fingerprint density at radius 1 is 0.545 bits per heavy atom. The van der Waals surface area contributed by atoms with Gasteiger partial charge in [-0.25, -0.2) is 19.9 Å². The number of pyridine rings is 3. The van der Waals surface area contributed by atoms with Gasteiger partial charge < -0.3 is 66.5 Å². The molecule has 558 valence electrons. The summed E-state index contributed by atoms with van der Waals surface area (Å²) in [4.78, 5) is 74.2. The second-order valence-corrected chi connectivity index (χ2v) is 24.9. The average Bonchev–Trinajstić information content (AvgIpc) is 0.820. The molecule has 0 saturated heterocycles. The third-order valence-electron chi connectivity index (χ3n) is 15.6. The molecule has 101 heavy (non-hydrogen) atoms. The fourth-order valence-electron chi connectivity index (χ4n) is 10.3. The van der Waals surface area contributed by atoms with Crippen LogP contribution in [0.5, 0.6) is 23.0 Å². The van der Waals surface area contributed by atoms with Crippen LogP contribution in [-0.2, 0) is 27.5 Å². The van der Waals surface area contributed by atoms with E-state index in [1.807, 2.05) is 60.7 Å². The van der Waals surface area contributed by atoms with Gasteiger partial charge in [-0.15, -0.1) is 12.4 Å². The number of hydrogen-bond acceptors (Lipinski definition) is 23. The van der Waals surface area contributed by atoms with Gasteiger partial charge in [0.2, 0.25) is 17.2 Å². The van der Waals surface area contributed by atoms with E-state index in [1.54, 1.807) is 79.9 Å². The van der Waals surface area contributed by atoms with Gasteiger partial charge in [0.05, 0.1) is 45.0 Å². The van der Waals surface area contributed by atoms with E-state index in [2.05, 4.69) is 116 Å². The number of Topliss-reactive ketones (excluding diaryl/α,β-unsaturated/α-hetero) is 3. The molecular formula is C75H115Cl3N16O7. The summed E-state index contributed by atoms with van der Waals surface area (Å²) in [6, 6.07) is 24.2. The highest BCUT2D eigenvalue weighted by molar-refractivity contribution is 6.35. The highest BCUT2D eigenvalue weighted by Gasteiger charge is 2.18. The molecule has 0 unspecified atom stereocenters. The van der Waals surface area contributed by atoms with Gasteiger partial charge in [0, 0.05) is 104 Å². The lowest BCUT2D eigenvalue weighted by Crippen LogP contribution is -2.36. The number of nitrogens with zero attached hydrogens (tertiary/aromatic N) is 10. The topological polar surface area (TPSA) is 322 Å². The Hall–Kier alpha value is -7.93. The van der Waals surface area contributed by atoms with Gasteiger partial charge in [-0.2, -0.15) is 9.97 Å². The van der Waals surface area contributed by atoms with E-state index < -0.39 is 0 Å². The monoisotopic (exact) mass is 1460 g/mol. The Kier molecular flexibility index (Phi) is 46.2. The van der Waals surface area contributed by atoms with Crippen LogP contribution in [0.1, 0.15) is 191 Å². The average molecular weight is 1460 g/mol. The summed E-state index contributed by atoms with van der Waals surface area (Å²) in [6.45, 7) is 24.6. The molecule has 0 fully saturated rings. The van der Waals surface area contributed by atoms with E-state index in [0.717, 1.165) is 121 Å². The van der Waals surface area contributed by atoms with Crippen molar-refractivity contribution in [1.29, 1.82) is 0 Å². The predicted molar refractivity (Wildman–Crippen MR) is 418 cm³/mol. The Labute approximate surface area is 616 Å². The van der Waals surface area contributed by atoms with Gasteiger partial charge in [-0.3, -0.25) is 19.9 Å². The maximum absolute atomic E-state index is 11.6. The number of carbonyl (C=O) groups is 3. The van der Waals surface area contributed by atoms with Crippen molar-refractivity contribution in [3.63, 3.8) is 0 Å². The molecule has 0 aliphatic heterocycles. The van der Waals surface area contributed by atoms with Crippen molar-refractivity contribution >= 4 is 110 Å². The van der Waals surface area contributed by atoms with Crippen molar-refractivity contribution in [2.45, 2.75) is 223 Å². The van der Waals surface area contributed by atoms with E-state index in [0.29, 0.717) is 78.6 Å². The largest absolute Gasteiger partial charge is 0.497 e. The van der Waals surface area contributed by atoms with E-state index in [1.165, 1.54) is 12.8 Å². The number of benzene rings is 2. The molecule has 0 aliphatic carbocycles. The fourth-order valence-corrected chi connectivity index (χ4v) is 10.7. The first-order valence-corrected chi connectivity index (χ1v) is 35.1. The SMILES string of the molecule is C.CCCC[C@@H](N)CCC(C)=O.CCCC[C@H](CCC(C)=O)Nc1nc(N)nc2cccnc12.CCCC[C@H](CCC(C)=O)Nc1nc(NCc2ccc(OC)cc2OC)nc2cccnc12.CCN(C(C)C)C(C)C.COc1ccc(CN)c(OC)c1.Cl.Clc1nc(Cl)c2ncccc2n1. The normalized spacial score (nSPS) is 11.4. The first-order chi connectivity index (χ1) is 47.5. The summed E-state index contributed by atoms with van der Waals surface area (Å²) >= 11 is 11.4. The second kappa shape index (κ2) is 51.2. The Morgan fingerprint density at radius 3 is 1.42 bits per heavy atom. The number of nitrogens with one attached hydrogen (secondary N) is 3. The van der Waals surface area contributed by atoms with Crippen molar-refractivity contribution in [2.75, 3.05) is 56.7 Å². The first kappa shape index (κ1) is 91.1. The number of aromatic nitrogens is 9. The first-order valence-electron chi connectivity index (χ1n) is 34.3. The third-order valence-corrected chi connectivity index (χ3v) is 16.1. The van der Waals surface area contributed by atoms with E-state index in [-0.39, 0.29) is 71.7 Å². The number of ketones is 3. The maximum atomic E-state index is 11.6. The summed E-state index contributed by atoms with van der Waals surface area (Å²) in [5.41, 5.74) is 23.1. The van der Waals surface area contributed by atoms with Crippen LogP contribution >= 0.6 is 35.6 Å². The number of ether oxygens (including phenoxy) is 4. The van der Waals surface area contributed by atoms with Gasteiger partial charge in [-0.1, -0.05) is 91.3 Å². The maximum Gasteiger partial charge on any atom is 0.225 e. The summed E-state index contributed by atoms with van der Waals surface area (Å²) < 4.78 is 20.9. The molecular weight excluding hydrogens is 1340 g/mol. The fraction of sp³-hybridized carbons (Fsp3) is 0.520. The zero-order valence-electron chi connectivity index (χ0n) is 61.5. The van der Waals surface area contributed by atoms with Gasteiger partial charge in [0.1, 0.15) is 56.9 Å². The standard InChI is InChI=1S/C25H33N5O3.C16H23N5O.C9H13NO2.C9H19NO.C8H19N.C7H3Cl2N3.CH4.ClH/c1-5-6-8-19(12-10-17(2)31)28-24-23-21(9-7-14-26-23)29-25(30-24)27-16-18-11-13-20(32-3)15-22(18)33-4;1-3-4-6-12(9-8-11(2)22)19-15-14-13(7-5-10-18-14)20-16(17)21-15;1-11-8-4-3-7(6-10)9(5-8)12-2;1-3-4-5-9(10)7-6-8(2)11;1-6-9(7(2)3)8(4)5;8-6-5-4(2-1-3-10-5)11-7(9)12-6;;/h7,9,11,13-15,19H,5-6,8,10,12,16H2,1-4H3,(H2,27,28,29,30);5,7,10,12H,3-4,6,8-9H2,1-2H3,(H3,17,19,20,21);3-5H,6,10H2,1-2H3;9H,3-7,10H2,1-2H3;7-8H,6H2,1-5H3;1-3H;1H4;1H/t19-;12-;;9-;;;;/m11.1..../s1. The second-order valence-electron chi connectivity index (χ2n) is 24.2. The number of hydrogen-bond donors (Lipinski definition) is 6. The predicted octanol–water partition coefficient (Wildman–Crippen LogP) is 16.5. The van der Waals surface area contributed by atoms with Crippen molar-refractivity contribution < 1.29 is 33.3 Å². The smallest absolute Gasteiger partial charge is 0.225 e. The van der Waals surface area contributed by atoms with Gasteiger partial charge in [-0.05, 0) is 160 Å². The molecule has 23 nitrogen and oxygen atoms in total. The molecule has 0 radical (unpaired) electrons. The summed E-state index contributed by atoms with van der Waals surface area (Å²) in [6.07, 6.45) is 19.0. The number of carbonyl (C=O) groups excluding carboxylic acids is 3.